The van der Waals surface area contributed by atoms with Crippen LogP contribution in [0.15, 0.2) is 42.5 Å². The van der Waals surface area contributed by atoms with Gasteiger partial charge in [-0.25, -0.2) is 0 Å². The second kappa shape index (κ2) is 7.07. The summed E-state index contributed by atoms with van der Waals surface area (Å²) in [5.41, 5.74) is 1.24. The molecule has 3 rings (SSSR count). The number of amides is 2. The van der Waals surface area contributed by atoms with Gasteiger partial charge in [-0.3, -0.25) is 14.9 Å². The number of ether oxygens (including phenoxy) is 2. The van der Waals surface area contributed by atoms with Crippen molar-refractivity contribution in [3.8, 4) is 11.5 Å². The molecule has 0 unspecified atom stereocenters. The maximum atomic E-state index is 12.3. The number of imide groups is 1. The Balaban J connectivity index is 1.67. The number of benzene rings is 2. The molecule has 0 fully saturated rings. The van der Waals surface area contributed by atoms with Crippen molar-refractivity contribution in [2.45, 2.75) is 12.6 Å². The van der Waals surface area contributed by atoms with E-state index in [4.69, 9.17) is 9.47 Å². The molecule has 1 aliphatic heterocycles. The van der Waals surface area contributed by atoms with Crippen LogP contribution in [-0.2, 0) is 6.42 Å². The average molecular weight is 365 g/mol. The average Bonchev–Trinajstić information content (AvgIpc) is 2.88. The van der Waals surface area contributed by atoms with Crippen LogP contribution in [-0.4, -0.2) is 31.2 Å². The minimum atomic E-state index is -4.45. The van der Waals surface area contributed by atoms with E-state index in [0.29, 0.717) is 23.1 Å². The van der Waals surface area contributed by atoms with Gasteiger partial charge in [0.1, 0.15) is 0 Å². The Morgan fingerprint density at radius 3 is 2.27 bits per heavy atom. The summed E-state index contributed by atoms with van der Waals surface area (Å²) < 4.78 is 47.2. The lowest BCUT2D eigenvalue weighted by molar-refractivity contribution is -0.153. The van der Waals surface area contributed by atoms with Crippen LogP contribution in [0.5, 0.6) is 11.5 Å². The summed E-state index contributed by atoms with van der Waals surface area (Å²) in [7, 11) is 0. The quantitative estimate of drug-likeness (QED) is 0.799. The molecule has 0 saturated carbocycles. The highest BCUT2D eigenvalue weighted by molar-refractivity contribution is 6.22. The van der Waals surface area contributed by atoms with E-state index in [2.05, 4.69) is 5.32 Å². The number of nitrogens with one attached hydrogen (secondary N) is 1. The molecule has 1 N–H and O–H groups in total. The second-order valence-corrected chi connectivity index (χ2v) is 5.57. The zero-order valence-corrected chi connectivity index (χ0v) is 13.4. The summed E-state index contributed by atoms with van der Waals surface area (Å²) in [6.07, 6.45) is -4.14. The number of hydrogen-bond donors (Lipinski definition) is 1. The lowest BCUT2D eigenvalue weighted by Crippen LogP contribution is -2.20. The SMILES string of the molecule is O=C1NC(=O)c2c(CCOc3ccccc3OCC(F)(F)F)cccc21. The molecule has 0 bridgehead atoms. The number of halogens is 3. The van der Waals surface area contributed by atoms with Crippen LogP contribution in [0.1, 0.15) is 26.3 Å². The number of hydrogen-bond acceptors (Lipinski definition) is 4. The van der Waals surface area contributed by atoms with Gasteiger partial charge in [-0.1, -0.05) is 24.3 Å². The highest BCUT2D eigenvalue weighted by Crippen LogP contribution is 2.29. The number of carbonyl (C=O) groups is 2. The molecule has 0 aromatic heterocycles. The molecule has 1 aliphatic rings. The predicted molar refractivity (Wildman–Crippen MR) is 85.4 cm³/mol. The maximum absolute atomic E-state index is 12.3. The number of fused-ring (bicyclic) bond motifs is 1. The Morgan fingerprint density at radius 2 is 1.58 bits per heavy atom. The van der Waals surface area contributed by atoms with Crippen molar-refractivity contribution in [1.29, 1.82) is 0 Å². The molecule has 1 heterocycles. The highest BCUT2D eigenvalue weighted by atomic mass is 19.4. The smallest absolute Gasteiger partial charge is 0.422 e. The van der Waals surface area contributed by atoms with E-state index < -0.39 is 24.6 Å². The van der Waals surface area contributed by atoms with Gasteiger partial charge in [-0.05, 0) is 23.8 Å². The zero-order chi connectivity index (χ0) is 18.7. The molecule has 5 nitrogen and oxygen atoms in total. The molecule has 0 radical (unpaired) electrons. The summed E-state index contributed by atoms with van der Waals surface area (Å²) in [5, 5.41) is 2.23. The van der Waals surface area contributed by atoms with Gasteiger partial charge in [0.05, 0.1) is 17.7 Å². The molecular weight excluding hydrogens is 351 g/mol. The van der Waals surface area contributed by atoms with Gasteiger partial charge < -0.3 is 9.47 Å². The number of carbonyl (C=O) groups excluding carboxylic acids is 2. The fourth-order valence-corrected chi connectivity index (χ4v) is 2.62. The van der Waals surface area contributed by atoms with Crippen molar-refractivity contribution in [3.05, 3.63) is 59.2 Å². The number of para-hydroxylation sites is 2. The largest absolute Gasteiger partial charge is 0.489 e. The van der Waals surface area contributed by atoms with E-state index >= 15 is 0 Å². The molecule has 8 heteroatoms. The van der Waals surface area contributed by atoms with Gasteiger partial charge in [0.25, 0.3) is 11.8 Å². The van der Waals surface area contributed by atoms with Crippen LogP contribution >= 0.6 is 0 Å². The highest BCUT2D eigenvalue weighted by Gasteiger charge is 2.30. The standard InChI is InChI=1S/C18H14F3NO4/c19-18(20,21)10-26-14-7-2-1-6-13(14)25-9-8-11-4-3-5-12-15(11)17(24)22-16(12)23/h1-7H,8-10H2,(H,22,23,24). The number of alkyl halides is 3. The summed E-state index contributed by atoms with van der Waals surface area (Å²) in [6.45, 7) is -1.31. The summed E-state index contributed by atoms with van der Waals surface area (Å²) in [4.78, 5) is 23.5. The van der Waals surface area contributed by atoms with Crippen LogP contribution in [0, 0.1) is 0 Å². The summed E-state index contributed by atoms with van der Waals surface area (Å²) in [5.74, 6) is -0.755. The summed E-state index contributed by atoms with van der Waals surface area (Å²) in [6, 6.07) is 10.9. The molecule has 0 aliphatic carbocycles. The van der Waals surface area contributed by atoms with E-state index in [1.165, 1.54) is 12.1 Å². The van der Waals surface area contributed by atoms with Gasteiger partial charge >= 0.3 is 6.18 Å². The number of rotatable bonds is 6. The van der Waals surface area contributed by atoms with E-state index in [-0.39, 0.29) is 18.1 Å². The maximum Gasteiger partial charge on any atom is 0.422 e. The molecule has 0 saturated heterocycles. The van der Waals surface area contributed by atoms with Gasteiger partial charge in [-0.15, -0.1) is 0 Å². The summed E-state index contributed by atoms with van der Waals surface area (Å²) >= 11 is 0. The Kier molecular flexibility index (Phi) is 4.83. The second-order valence-electron chi connectivity index (χ2n) is 5.57. The van der Waals surface area contributed by atoms with Crippen molar-refractivity contribution in [2.24, 2.45) is 0 Å². The molecule has 136 valence electrons. The van der Waals surface area contributed by atoms with E-state index in [1.54, 1.807) is 30.3 Å². The monoisotopic (exact) mass is 365 g/mol. The lowest BCUT2D eigenvalue weighted by atomic mass is 10.0. The van der Waals surface area contributed by atoms with Crippen molar-refractivity contribution in [1.82, 2.24) is 5.32 Å². The van der Waals surface area contributed by atoms with Gasteiger partial charge in [-0.2, -0.15) is 13.2 Å². The minimum absolute atomic E-state index is 0.0176. The molecule has 0 spiro atoms. The fraction of sp³-hybridized carbons (Fsp3) is 0.222. The van der Waals surface area contributed by atoms with E-state index in [0.717, 1.165) is 0 Å². The Labute approximate surface area is 146 Å². The van der Waals surface area contributed by atoms with Crippen LogP contribution in [0.4, 0.5) is 13.2 Å². The first-order valence-corrected chi connectivity index (χ1v) is 7.74. The normalized spacial score (nSPS) is 13.3. The van der Waals surface area contributed by atoms with E-state index in [9.17, 15) is 22.8 Å². The third-order valence-electron chi connectivity index (χ3n) is 3.72. The van der Waals surface area contributed by atoms with Crippen LogP contribution < -0.4 is 14.8 Å². The molecular formula is C18H14F3NO4. The molecule has 2 aromatic rings. The molecule has 26 heavy (non-hydrogen) atoms. The first-order valence-electron chi connectivity index (χ1n) is 7.74. The first-order chi connectivity index (χ1) is 12.3. The van der Waals surface area contributed by atoms with Crippen molar-refractivity contribution >= 4 is 11.8 Å². The van der Waals surface area contributed by atoms with Gasteiger partial charge in [0, 0.05) is 6.42 Å². The first kappa shape index (κ1) is 17.8. The lowest BCUT2D eigenvalue weighted by Gasteiger charge is -2.14. The topological polar surface area (TPSA) is 64.6 Å². The minimum Gasteiger partial charge on any atom is -0.489 e. The van der Waals surface area contributed by atoms with Gasteiger partial charge in [0.15, 0.2) is 18.1 Å². The van der Waals surface area contributed by atoms with E-state index in [1.807, 2.05) is 0 Å². The molecule has 0 atom stereocenters. The molecule has 2 amide bonds. The Morgan fingerprint density at radius 1 is 0.885 bits per heavy atom. The fourth-order valence-electron chi connectivity index (χ4n) is 2.62. The van der Waals surface area contributed by atoms with Crippen molar-refractivity contribution in [3.63, 3.8) is 0 Å². The third-order valence-corrected chi connectivity index (χ3v) is 3.72. The Hall–Kier alpha value is -3.03. The van der Waals surface area contributed by atoms with Gasteiger partial charge in [0.2, 0.25) is 0 Å². The van der Waals surface area contributed by atoms with Crippen LogP contribution in [0.25, 0.3) is 0 Å². The zero-order valence-electron chi connectivity index (χ0n) is 13.4. The molecule has 2 aromatic carbocycles. The predicted octanol–water partition coefficient (Wildman–Crippen LogP) is 3.13. The third kappa shape index (κ3) is 3.96. The van der Waals surface area contributed by atoms with Crippen LogP contribution in [0.2, 0.25) is 0 Å². The van der Waals surface area contributed by atoms with Crippen LogP contribution in [0.3, 0.4) is 0 Å². The Bertz CT molecular complexity index is 849. The van der Waals surface area contributed by atoms with Crippen molar-refractivity contribution in [2.75, 3.05) is 13.2 Å². The van der Waals surface area contributed by atoms with Crippen molar-refractivity contribution < 1.29 is 32.2 Å².